The van der Waals surface area contributed by atoms with E-state index >= 15 is 0 Å². The lowest BCUT2D eigenvalue weighted by molar-refractivity contribution is 1.31. The fourth-order valence-corrected chi connectivity index (χ4v) is 5.32. The first-order chi connectivity index (χ1) is 13.6. The van der Waals surface area contributed by atoms with E-state index in [0.717, 1.165) is 35.7 Å². The maximum absolute atomic E-state index is 9.53. The summed E-state index contributed by atoms with van der Waals surface area (Å²) < 4.78 is 2.05. The molecule has 0 amide bonds. The molecule has 0 fully saturated rings. The van der Waals surface area contributed by atoms with Crippen molar-refractivity contribution in [2.24, 2.45) is 0 Å². The van der Waals surface area contributed by atoms with Crippen LogP contribution in [0.1, 0.15) is 11.1 Å². The van der Waals surface area contributed by atoms with Gasteiger partial charge in [0.05, 0.1) is 48.3 Å². The molecule has 7 heteroatoms. The largest absolute Gasteiger partial charge is 0.337 e. The molecule has 5 rings (SSSR count). The topological polar surface area (TPSA) is 76.3 Å². The molecule has 0 atom stereocenters. The predicted octanol–water partition coefficient (Wildman–Crippen LogP) is 6.76. The molecule has 0 bridgehead atoms. The van der Waals surface area contributed by atoms with Crippen LogP contribution in [0.4, 0.5) is 0 Å². The summed E-state index contributed by atoms with van der Waals surface area (Å²) in [5, 5.41) is 22.8. The van der Waals surface area contributed by atoms with Crippen LogP contribution in [0.15, 0.2) is 46.3 Å². The second kappa shape index (κ2) is 6.32. The number of rotatable bonds is 1. The molecule has 0 saturated heterocycles. The first-order valence-corrected chi connectivity index (χ1v) is 10.2. The summed E-state index contributed by atoms with van der Waals surface area (Å²) in [6, 6.07) is 17.2. The average Bonchev–Trinajstić information content (AvgIpc) is 3.30. The molecule has 28 heavy (non-hydrogen) atoms. The number of thiophene rings is 1. The summed E-state index contributed by atoms with van der Waals surface area (Å²) in [6.45, 7) is 0. The number of imidazole rings is 1. The number of aromatic amines is 1. The third kappa shape index (κ3) is 2.43. The van der Waals surface area contributed by atoms with Gasteiger partial charge in [0.2, 0.25) is 0 Å². The normalized spacial score (nSPS) is 11.1. The zero-order valence-electron chi connectivity index (χ0n) is 14.0. The van der Waals surface area contributed by atoms with Crippen LogP contribution < -0.4 is 0 Å². The van der Waals surface area contributed by atoms with E-state index in [0.29, 0.717) is 27.5 Å². The highest BCUT2D eigenvalue weighted by molar-refractivity contribution is 9.11. The molecule has 5 aromatic rings. The number of fused-ring (bicyclic) bond motifs is 6. The molecule has 132 valence electrons. The molecule has 4 nitrogen and oxygen atoms in total. The molecule has 3 aromatic carbocycles. The molecule has 0 unspecified atom stereocenters. The van der Waals surface area contributed by atoms with E-state index in [2.05, 4.69) is 39.1 Å². The molecule has 2 aromatic heterocycles. The van der Waals surface area contributed by atoms with Gasteiger partial charge in [-0.1, -0.05) is 23.7 Å². The summed E-state index contributed by atoms with van der Waals surface area (Å²) in [5.41, 5.74) is 3.02. The number of nitriles is 2. The summed E-state index contributed by atoms with van der Waals surface area (Å²) in [7, 11) is 0. The van der Waals surface area contributed by atoms with E-state index in [1.165, 1.54) is 0 Å². The van der Waals surface area contributed by atoms with E-state index in [-0.39, 0.29) is 0 Å². The van der Waals surface area contributed by atoms with E-state index in [9.17, 15) is 10.5 Å². The molecule has 0 aliphatic carbocycles. The van der Waals surface area contributed by atoms with E-state index < -0.39 is 0 Å². The fourth-order valence-electron chi connectivity index (χ4n) is 3.54. The Balaban J connectivity index is 1.97. The number of benzene rings is 3. The molecular weight excluding hydrogens is 456 g/mol. The van der Waals surface area contributed by atoms with Crippen molar-refractivity contribution in [1.82, 2.24) is 9.97 Å². The minimum Gasteiger partial charge on any atom is -0.337 e. The lowest BCUT2D eigenvalue weighted by atomic mass is 10.0. The maximum atomic E-state index is 9.53. The van der Waals surface area contributed by atoms with Crippen molar-refractivity contribution < 1.29 is 0 Å². The summed E-state index contributed by atoms with van der Waals surface area (Å²) in [4.78, 5) is 8.18. The molecule has 0 aliphatic heterocycles. The predicted molar refractivity (Wildman–Crippen MR) is 117 cm³/mol. The number of nitrogens with one attached hydrogen (secondary N) is 1. The van der Waals surface area contributed by atoms with Gasteiger partial charge in [0.1, 0.15) is 5.82 Å². The van der Waals surface area contributed by atoms with Crippen molar-refractivity contribution in [3.05, 3.63) is 62.4 Å². The zero-order valence-corrected chi connectivity index (χ0v) is 17.2. The lowest BCUT2D eigenvalue weighted by Crippen LogP contribution is -1.91. The van der Waals surface area contributed by atoms with Crippen molar-refractivity contribution in [2.45, 2.75) is 0 Å². The Bertz CT molecular complexity index is 1490. The van der Waals surface area contributed by atoms with Gasteiger partial charge in [0.25, 0.3) is 0 Å². The van der Waals surface area contributed by atoms with Gasteiger partial charge in [-0.25, -0.2) is 4.98 Å². The minimum absolute atomic E-state index is 0.411. The van der Waals surface area contributed by atoms with Gasteiger partial charge in [0.15, 0.2) is 0 Å². The Labute approximate surface area is 176 Å². The summed E-state index contributed by atoms with van der Waals surface area (Å²) in [5.74, 6) is 0.511. The molecule has 0 aliphatic rings. The standard InChI is InChI=1S/C21H8BrClN4S/c22-16-7-15-14-6-12(23)4-5-13(14)18-19(20(15)28-16)27-21(26-18)17-10(8-24)2-1-3-11(17)9-25/h1-7H,(H,26,27). The quantitative estimate of drug-likeness (QED) is 0.298. The monoisotopic (exact) mass is 462 g/mol. The van der Waals surface area contributed by atoms with Crippen molar-refractivity contribution in [1.29, 1.82) is 10.5 Å². The van der Waals surface area contributed by atoms with E-state index in [4.69, 9.17) is 16.6 Å². The van der Waals surface area contributed by atoms with Crippen molar-refractivity contribution in [3.8, 4) is 23.5 Å². The van der Waals surface area contributed by atoms with Gasteiger partial charge in [-0.15, -0.1) is 11.3 Å². The van der Waals surface area contributed by atoms with E-state index in [1.807, 2.05) is 18.2 Å². The maximum Gasteiger partial charge on any atom is 0.141 e. The summed E-state index contributed by atoms with van der Waals surface area (Å²) >= 11 is 11.4. The number of aromatic nitrogens is 2. The van der Waals surface area contributed by atoms with Crippen LogP contribution in [0, 0.1) is 22.7 Å². The molecule has 1 N–H and O–H groups in total. The smallest absolute Gasteiger partial charge is 0.141 e. The SMILES string of the molecule is N#Cc1cccc(C#N)c1-c1nc2c3ccc(Cl)cc3c3cc(Br)sc3c2[nH]1. The van der Waals surface area contributed by atoms with Crippen molar-refractivity contribution >= 4 is 70.8 Å². The second-order valence-electron chi connectivity index (χ2n) is 6.24. The highest BCUT2D eigenvalue weighted by Gasteiger charge is 2.19. The van der Waals surface area contributed by atoms with Gasteiger partial charge in [-0.05, 0) is 51.6 Å². The van der Waals surface area contributed by atoms with Gasteiger partial charge in [-0.3, -0.25) is 0 Å². The third-order valence-electron chi connectivity index (χ3n) is 4.70. The van der Waals surface area contributed by atoms with Crippen LogP contribution in [0.25, 0.3) is 43.3 Å². The van der Waals surface area contributed by atoms with Crippen LogP contribution in [-0.4, -0.2) is 9.97 Å². The van der Waals surface area contributed by atoms with Gasteiger partial charge >= 0.3 is 0 Å². The first-order valence-electron chi connectivity index (χ1n) is 8.24. The van der Waals surface area contributed by atoms with Crippen LogP contribution in [0.2, 0.25) is 5.02 Å². The lowest BCUT2D eigenvalue weighted by Gasteiger charge is -2.02. The van der Waals surface area contributed by atoms with Gasteiger partial charge in [0, 0.05) is 15.8 Å². The van der Waals surface area contributed by atoms with E-state index in [1.54, 1.807) is 29.5 Å². The Hall–Kier alpha value is -2.90. The van der Waals surface area contributed by atoms with Crippen LogP contribution in [0.3, 0.4) is 0 Å². The Kier molecular flexibility index (Phi) is 3.89. The number of H-pyrrole nitrogens is 1. The number of nitrogens with zero attached hydrogens (tertiary/aromatic N) is 3. The highest BCUT2D eigenvalue weighted by atomic mass is 79.9. The molecule has 0 radical (unpaired) electrons. The van der Waals surface area contributed by atoms with Gasteiger partial charge in [-0.2, -0.15) is 10.5 Å². The van der Waals surface area contributed by atoms with Gasteiger partial charge < -0.3 is 4.98 Å². The molecule has 2 heterocycles. The van der Waals surface area contributed by atoms with Crippen LogP contribution >= 0.6 is 38.9 Å². The summed E-state index contributed by atoms with van der Waals surface area (Å²) in [6.07, 6.45) is 0. The van der Waals surface area contributed by atoms with Crippen molar-refractivity contribution in [2.75, 3.05) is 0 Å². The van der Waals surface area contributed by atoms with Crippen molar-refractivity contribution in [3.63, 3.8) is 0 Å². The van der Waals surface area contributed by atoms with Crippen LogP contribution in [0.5, 0.6) is 0 Å². The molecule has 0 saturated carbocycles. The molecule has 0 spiro atoms. The number of hydrogen-bond donors (Lipinski definition) is 1. The Morgan fingerprint density at radius 3 is 2.46 bits per heavy atom. The minimum atomic E-state index is 0.411. The first kappa shape index (κ1) is 17.2. The third-order valence-corrected chi connectivity index (χ3v) is 6.59. The average molecular weight is 464 g/mol. The zero-order chi connectivity index (χ0) is 19.4. The number of halogens is 2. The van der Waals surface area contributed by atoms with Crippen LogP contribution in [-0.2, 0) is 0 Å². The Morgan fingerprint density at radius 2 is 1.75 bits per heavy atom. The molecular formula is C21H8BrClN4S. The Morgan fingerprint density at radius 1 is 1.00 bits per heavy atom. The fraction of sp³-hybridized carbons (Fsp3) is 0. The second-order valence-corrected chi connectivity index (χ2v) is 9.11. The number of hydrogen-bond acceptors (Lipinski definition) is 4. The highest BCUT2D eigenvalue weighted by Crippen LogP contribution is 2.42.